The van der Waals surface area contributed by atoms with E-state index in [1.54, 1.807) is 0 Å². The summed E-state index contributed by atoms with van der Waals surface area (Å²) in [5.41, 5.74) is 2.51. The first-order valence-corrected chi connectivity index (χ1v) is 9.60. The number of anilines is 1. The van der Waals surface area contributed by atoms with Gasteiger partial charge in [0.05, 0.1) is 13.2 Å². The van der Waals surface area contributed by atoms with Crippen LogP contribution in [0.4, 0.5) is 5.69 Å². The highest BCUT2D eigenvalue weighted by Crippen LogP contribution is 2.14. The van der Waals surface area contributed by atoms with Crippen LogP contribution in [0.3, 0.4) is 0 Å². The van der Waals surface area contributed by atoms with Crippen LogP contribution in [0.15, 0.2) is 24.3 Å². The molecule has 6 heteroatoms. The Kier molecular flexibility index (Phi) is 8.44. The smallest absolute Gasteiger partial charge is 0.169 e. The second-order valence-corrected chi connectivity index (χ2v) is 7.01. The van der Waals surface area contributed by atoms with Crippen molar-refractivity contribution < 1.29 is 4.74 Å². The first-order valence-electron chi connectivity index (χ1n) is 9.19. The Balaban J connectivity index is 1.89. The van der Waals surface area contributed by atoms with Gasteiger partial charge in [-0.25, -0.2) is 0 Å². The van der Waals surface area contributed by atoms with Gasteiger partial charge >= 0.3 is 0 Å². The van der Waals surface area contributed by atoms with Gasteiger partial charge in [0.2, 0.25) is 0 Å². The molecule has 0 amide bonds. The van der Waals surface area contributed by atoms with Gasteiger partial charge in [0.1, 0.15) is 0 Å². The summed E-state index contributed by atoms with van der Waals surface area (Å²) >= 11 is 5.58. The maximum atomic E-state index is 5.58. The maximum absolute atomic E-state index is 5.58. The molecule has 0 spiro atoms. The lowest BCUT2D eigenvalue weighted by molar-refractivity contribution is 0.0367. The third-order valence-corrected chi connectivity index (χ3v) is 4.85. The summed E-state index contributed by atoms with van der Waals surface area (Å²) in [5, 5.41) is 4.15. The summed E-state index contributed by atoms with van der Waals surface area (Å²) in [4.78, 5) is 6.88. The van der Waals surface area contributed by atoms with E-state index >= 15 is 0 Å². The first kappa shape index (κ1) is 19.9. The van der Waals surface area contributed by atoms with Gasteiger partial charge in [-0.3, -0.25) is 4.90 Å². The van der Waals surface area contributed by atoms with Crippen LogP contribution in [0.2, 0.25) is 0 Å². The van der Waals surface area contributed by atoms with Crippen LogP contribution < -0.4 is 10.2 Å². The molecule has 1 aliphatic rings. The van der Waals surface area contributed by atoms with Gasteiger partial charge in [-0.1, -0.05) is 12.1 Å². The Bertz CT molecular complexity index is 515. The monoisotopic (exact) mass is 364 g/mol. The standard InChI is InChI=1S/C19H32N4OS/c1-4-20-19(25)23(11-5-10-22-12-14-24-15-13-22)16-17-6-8-18(9-7-17)21(2)3/h6-9H,4-5,10-16H2,1-3H3,(H,20,25). The van der Waals surface area contributed by atoms with Crippen molar-refractivity contribution in [2.75, 3.05) is 64.9 Å². The maximum Gasteiger partial charge on any atom is 0.169 e. The highest BCUT2D eigenvalue weighted by atomic mass is 32.1. The number of benzene rings is 1. The molecule has 1 aliphatic heterocycles. The molecule has 5 nitrogen and oxygen atoms in total. The Labute approximate surface area is 157 Å². The third-order valence-electron chi connectivity index (χ3n) is 4.45. The normalized spacial score (nSPS) is 15.0. The lowest BCUT2D eigenvalue weighted by Gasteiger charge is -2.29. The number of morpholine rings is 1. The van der Waals surface area contributed by atoms with Gasteiger partial charge in [0.15, 0.2) is 5.11 Å². The van der Waals surface area contributed by atoms with Crippen molar-refractivity contribution >= 4 is 23.0 Å². The van der Waals surface area contributed by atoms with Gasteiger partial charge in [-0.05, 0) is 43.3 Å². The second kappa shape index (κ2) is 10.6. The van der Waals surface area contributed by atoms with E-state index in [0.717, 1.165) is 64.0 Å². The highest BCUT2D eigenvalue weighted by molar-refractivity contribution is 7.80. The topological polar surface area (TPSA) is 31.0 Å². The average molecular weight is 365 g/mol. The molecule has 0 unspecified atom stereocenters. The van der Waals surface area contributed by atoms with Crippen LogP contribution in [0, 0.1) is 0 Å². The molecule has 1 heterocycles. The molecule has 0 aromatic heterocycles. The zero-order valence-corrected chi connectivity index (χ0v) is 16.6. The summed E-state index contributed by atoms with van der Waals surface area (Å²) in [6, 6.07) is 8.72. The van der Waals surface area contributed by atoms with Crippen LogP contribution >= 0.6 is 12.2 Å². The van der Waals surface area contributed by atoms with Crippen molar-refractivity contribution in [1.29, 1.82) is 0 Å². The number of hydrogen-bond donors (Lipinski definition) is 1. The van der Waals surface area contributed by atoms with Gasteiger partial charge in [0.25, 0.3) is 0 Å². The lowest BCUT2D eigenvalue weighted by atomic mass is 10.2. The molecule has 0 bridgehead atoms. The van der Waals surface area contributed by atoms with Crippen molar-refractivity contribution in [3.8, 4) is 0 Å². The van der Waals surface area contributed by atoms with Crippen LogP contribution in [-0.4, -0.2) is 74.9 Å². The predicted octanol–water partition coefficient (Wildman–Crippen LogP) is 2.17. The molecule has 140 valence electrons. The Hall–Kier alpha value is -1.37. The van der Waals surface area contributed by atoms with E-state index < -0.39 is 0 Å². The molecule has 25 heavy (non-hydrogen) atoms. The summed E-state index contributed by atoms with van der Waals surface area (Å²) in [7, 11) is 4.13. The van der Waals surface area contributed by atoms with E-state index in [1.807, 2.05) is 0 Å². The van der Waals surface area contributed by atoms with Crippen LogP contribution in [0.1, 0.15) is 18.9 Å². The number of nitrogens with zero attached hydrogens (tertiary/aromatic N) is 3. The summed E-state index contributed by atoms with van der Waals surface area (Å²) in [6.45, 7) is 9.68. The molecule has 0 radical (unpaired) electrons. The number of rotatable bonds is 8. The van der Waals surface area contributed by atoms with Gasteiger partial charge in [-0.2, -0.15) is 0 Å². The van der Waals surface area contributed by atoms with Crippen LogP contribution in [-0.2, 0) is 11.3 Å². The van der Waals surface area contributed by atoms with Gasteiger partial charge in [-0.15, -0.1) is 0 Å². The fourth-order valence-electron chi connectivity index (χ4n) is 2.95. The van der Waals surface area contributed by atoms with Crippen molar-refractivity contribution in [2.24, 2.45) is 0 Å². The molecule has 1 aromatic rings. The lowest BCUT2D eigenvalue weighted by Crippen LogP contribution is -2.42. The molecular formula is C19H32N4OS. The third kappa shape index (κ3) is 6.80. The van der Waals surface area contributed by atoms with Gasteiger partial charge < -0.3 is 19.9 Å². The molecular weight excluding hydrogens is 332 g/mol. The largest absolute Gasteiger partial charge is 0.379 e. The highest BCUT2D eigenvalue weighted by Gasteiger charge is 2.13. The number of thiocarbonyl (C=S) groups is 1. The SMILES string of the molecule is CCNC(=S)N(CCCN1CCOCC1)Cc1ccc(N(C)C)cc1. The number of hydrogen-bond acceptors (Lipinski definition) is 4. The minimum atomic E-state index is 0.848. The minimum absolute atomic E-state index is 0.848. The molecule has 0 saturated carbocycles. The molecule has 1 aromatic carbocycles. The van der Waals surface area contributed by atoms with Crippen molar-refractivity contribution in [1.82, 2.24) is 15.1 Å². The average Bonchev–Trinajstić information content (AvgIpc) is 2.62. The second-order valence-electron chi connectivity index (χ2n) is 6.63. The van der Waals surface area contributed by atoms with E-state index in [0.29, 0.717) is 0 Å². The van der Waals surface area contributed by atoms with E-state index in [4.69, 9.17) is 17.0 Å². The van der Waals surface area contributed by atoms with E-state index in [1.165, 1.54) is 11.3 Å². The van der Waals surface area contributed by atoms with Crippen LogP contribution in [0.25, 0.3) is 0 Å². The predicted molar refractivity (Wildman–Crippen MR) is 109 cm³/mol. The molecule has 1 fully saturated rings. The Morgan fingerprint density at radius 2 is 1.88 bits per heavy atom. The first-order chi connectivity index (χ1) is 12.1. The van der Waals surface area contributed by atoms with Crippen LogP contribution in [0.5, 0.6) is 0 Å². The fraction of sp³-hybridized carbons (Fsp3) is 0.632. The zero-order chi connectivity index (χ0) is 18.1. The molecule has 0 atom stereocenters. The Morgan fingerprint density at radius 1 is 1.20 bits per heavy atom. The van der Waals surface area contributed by atoms with Crippen molar-refractivity contribution in [3.05, 3.63) is 29.8 Å². The van der Waals surface area contributed by atoms with Crippen molar-refractivity contribution in [3.63, 3.8) is 0 Å². The summed E-state index contributed by atoms with van der Waals surface area (Å²) < 4.78 is 5.42. The quantitative estimate of drug-likeness (QED) is 0.712. The zero-order valence-electron chi connectivity index (χ0n) is 15.8. The number of nitrogens with one attached hydrogen (secondary N) is 1. The van der Waals surface area contributed by atoms with Crippen molar-refractivity contribution in [2.45, 2.75) is 19.9 Å². The Morgan fingerprint density at radius 3 is 2.48 bits per heavy atom. The fourth-order valence-corrected chi connectivity index (χ4v) is 3.25. The minimum Gasteiger partial charge on any atom is -0.379 e. The molecule has 1 N–H and O–H groups in total. The summed E-state index contributed by atoms with van der Waals surface area (Å²) in [6.07, 6.45) is 1.11. The molecule has 1 saturated heterocycles. The summed E-state index contributed by atoms with van der Waals surface area (Å²) in [5.74, 6) is 0. The van der Waals surface area contributed by atoms with Gasteiger partial charge in [0, 0.05) is 59.1 Å². The molecule has 0 aliphatic carbocycles. The number of ether oxygens (including phenoxy) is 1. The van der Waals surface area contributed by atoms with E-state index in [-0.39, 0.29) is 0 Å². The van der Waals surface area contributed by atoms with E-state index in [2.05, 4.69) is 65.3 Å². The van der Waals surface area contributed by atoms with E-state index in [9.17, 15) is 0 Å². The molecule has 2 rings (SSSR count).